The van der Waals surface area contributed by atoms with Gasteiger partial charge in [-0.2, -0.15) is 0 Å². The van der Waals surface area contributed by atoms with Gasteiger partial charge in [-0.25, -0.2) is 0 Å². The fourth-order valence-corrected chi connectivity index (χ4v) is 4.99. The fraction of sp³-hybridized carbons (Fsp3) is 0.0556. The van der Waals surface area contributed by atoms with E-state index >= 15 is 0 Å². The fourth-order valence-electron chi connectivity index (χ4n) is 4.99. The minimum Gasteiger partial charge on any atom is -0.496 e. The molecule has 0 atom stereocenters. The van der Waals surface area contributed by atoms with Gasteiger partial charge in [-0.15, -0.1) is 0 Å². The molecule has 0 aliphatic carbocycles. The van der Waals surface area contributed by atoms with Crippen molar-refractivity contribution in [3.05, 3.63) is 132 Å². The van der Waals surface area contributed by atoms with Crippen LogP contribution >= 0.6 is 0 Å². The highest BCUT2D eigenvalue weighted by Crippen LogP contribution is 2.31. The van der Waals surface area contributed by atoms with E-state index in [0.29, 0.717) is 0 Å². The summed E-state index contributed by atoms with van der Waals surface area (Å²) in [5.74, 6) is 1.68. The molecule has 4 heteroatoms. The third kappa shape index (κ3) is 5.07. The molecule has 0 spiro atoms. The van der Waals surface area contributed by atoms with Gasteiger partial charge < -0.3 is 9.47 Å². The monoisotopic (exact) mass is 520 g/mol. The summed E-state index contributed by atoms with van der Waals surface area (Å²) in [6, 6.07) is 32.9. The molecule has 0 radical (unpaired) electrons. The Balaban J connectivity index is 1.31. The van der Waals surface area contributed by atoms with Crippen molar-refractivity contribution in [3.8, 4) is 22.9 Å². The highest BCUT2D eigenvalue weighted by molar-refractivity contribution is 5.96. The third-order valence-corrected chi connectivity index (χ3v) is 7.02. The molecule has 4 aromatic carbocycles. The molecular weight excluding hydrogens is 492 g/mol. The highest BCUT2D eigenvalue weighted by atomic mass is 16.5. The first-order valence-electron chi connectivity index (χ1n) is 13.1. The van der Waals surface area contributed by atoms with E-state index in [1.807, 2.05) is 60.9 Å². The zero-order valence-corrected chi connectivity index (χ0v) is 22.4. The summed E-state index contributed by atoms with van der Waals surface area (Å²) in [4.78, 5) is 9.22. The smallest absolute Gasteiger partial charge is 0.126 e. The molecule has 0 amide bonds. The van der Waals surface area contributed by atoms with E-state index in [2.05, 4.69) is 82.8 Å². The quantitative estimate of drug-likeness (QED) is 0.211. The third-order valence-electron chi connectivity index (χ3n) is 7.02. The van der Waals surface area contributed by atoms with E-state index in [0.717, 1.165) is 55.9 Å². The zero-order chi connectivity index (χ0) is 27.3. The predicted molar refractivity (Wildman–Crippen MR) is 166 cm³/mol. The summed E-state index contributed by atoms with van der Waals surface area (Å²) < 4.78 is 11.3. The van der Waals surface area contributed by atoms with Gasteiger partial charge in [0.1, 0.15) is 11.5 Å². The average molecular weight is 521 g/mol. The molecule has 0 aliphatic heterocycles. The SMILES string of the molecule is COc1ccc2ccccc2c1/C=C/c1ccnc(-c2cc(/C=C/c3c(OC)ccc4ccccc34)ccn2)c1. The highest BCUT2D eigenvalue weighted by Gasteiger charge is 2.08. The van der Waals surface area contributed by atoms with Gasteiger partial charge >= 0.3 is 0 Å². The van der Waals surface area contributed by atoms with Crippen molar-refractivity contribution in [3.63, 3.8) is 0 Å². The largest absolute Gasteiger partial charge is 0.496 e. The van der Waals surface area contributed by atoms with Crippen LogP contribution in [0.5, 0.6) is 11.5 Å². The summed E-state index contributed by atoms with van der Waals surface area (Å²) >= 11 is 0. The van der Waals surface area contributed by atoms with Crippen molar-refractivity contribution in [2.24, 2.45) is 0 Å². The lowest BCUT2D eigenvalue weighted by molar-refractivity contribution is 0.414. The minimum absolute atomic E-state index is 0.810. The maximum Gasteiger partial charge on any atom is 0.126 e. The van der Waals surface area contributed by atoms with E-state index in [9.17, 15) is 0 Å². The molecule has 0 aliphatic rings. The minimum atomic E-state index is 0.810. The summed E-state index contributed by atoms with van der Waals surface area (Å²) in [5, 5.41) is 4.65. The second-order valence-electron chi connectivity index (χ2n) is 9.42. The van der Waals surface area contributed by atoms with E-state index in [1.54, 1.807) is 14.2 Å². The van der Waals surface area contributed by atoms with Crippen molar-refractivity contribution in [2.75, 3.05) is 14.2 Å². The molecule has 0 fully saturated rings. The lowest BCUT2D eigenvalue weighted by Crippen LogP contribution is -1.90. The number of pyridine rings is 2. The second-order valence-corrected chi connectivity index (χ2v) is 9.42. The molecule has 40 heavy (non-hydrogen) atoms. The number of benzene rings is 4. The summed E-state index contributed by atoms with van der Waals surface area (Å²) in [6.07, 6.45) is 12.0. The number of methoxy groups -OCH3 is 2. The Labute approximate surface area is 233 Å². The second kappa shape index (κ2) is 11.3. The van der Waals surface area contributed by atoms with Crippen molar-refractivity contribution >= 4 is 45.8 Å². The van der Waals surface area contributed by atoms with E-state index in [1.165, 1.54) is 10.8 Å². The molecule has 194 valence electrons. The van der Waals surface area contributed by atoms with Gasteiger partial charge in [-0.05, 0) is 69.1 Å². The van der Waals surface area contributed by atoms with Gasteiger partial charge in [0.2, 0.25) is 0 Å². The van der Waals surface area contributed by atoms with Crippen LogP contribution in [0, 0.1) is 0 Å². The van der Waals surface area contributed by atoms with Gasteiger partial charge in [-0.1, -0.05) is 85.0 Å². The Morgan fingerprint density at radius 3 is 1.40 bits per heavy atom. The molecule has 0 unspecified atom stereocenters. The van der Waals surface area contributed by atoms with Gasteiger partial charge in [-0.3, -0.25) is 9.97 Å². The van der Waals surface area contributed by atoms with Crippen molar-refractivity contribution in [1.82, 2.24) is 9.97 Å². The Morgan fingerprint density at radius 1 is 0.500 bits per heavy atom. The Kier molecular flexibility index (Phi) is 7.06. The van der Waals surface area contributed by atoms with Crippen LogP contribution in [0.2, 0.25) is 0 Å². The van der Waals surface area contributed by atoms with Crippen LogP contribution in [0.4, 0.5) is 0 Å². The van der Waals surface area contributed by atoms with Crippen molar-refractivity contribution in [1.29, 1.82) is 0 Å². The zero-order valence-electron chi connectivity index (χ0n) is 22.4. The number of hydrogen-bond acceptors (Lipinski definition) is 4. The van der Waals surface area contributed by atoms with Crippen molar-refractivity contribution < 1.29 is 9.47 Å². The predicted octanol–water partition coefficient (Wildman–Crippen LogP) is 8.81. The van der Waals surface area contributed by atoms with Crippen molar-refractivity contribution in [2.45, 2.75) is 0 Å². The number of nitrogens with zero attached hydrogens (tertiary/aromatic N) is 2. The molecule has 6 aromatic rings. The van der Waals surface area contributed by atoms with Gasteiger partial charge in [0.25, 0.3) is 0 Å². The number of hydrogen-bond donors (Lipinski definition) is 0. The number of rotatable bonds is 7. The maximum absolute atomic E-state index is 5.65. The maximum atomic E-state index is 5.65. The summed E-state index contributed by atoms with van der Waals surface area (Å²) in [5.41, 5.74) is 5.78. The van der Waals surface area contributed by atoms with Crippen LogP contribution in [0.25, 0.3) is 57.2 Å². The standard InChI is InChI=1S/C36H28N2O2/c1-39-35-17-13-27-7-3-5-9-29(27)31(35)15-11-25-19-21-37-33(23-25)34-24-26(20-22-38-34)12-16-32-30-10-6-4-8-28(30)14-18-36(32)40-2/h3-24H,1-2H3/b15-11+,16-12+. The first-order valence-corrected chi connectivity index (χ1v) is 13.1. The van der Waals surface area contributed by atoms with Gasteiger partial charge in [0.15, 0.2) is 0 Å². The van der Waals surface area contributed by atoms with E-state index < -0.39 is 0 Å². The Morgan fingerprint density at radius 2 is 0.950 bits per heavy atom. The molecule has 2 aromatic heterocycles. The normalized spacial score (nSPS) is 11.6. The van der Waals surface area contributed by atoms with Gasteiger partial charge in [0, 0.05) is 23.5 Å². The molecule has 0 saturated carbocycles. The van der Waals surface area contributed by atoms with Crippen LogP contribution in [0.3, 0.4) is 0 Å². The summed E-state index contributed by atoms with van der Waals surface area (Å²) in [6.45, 7) is 0. The van der Waals surface area contributed by atoms with Gasteiger partial charge in [0.05, 0.1) is 25.6 Å². The van der Waals surface area contributed by atoms with Crippen LogP contribution in [-0.2, 0) is 0 Å². The van der Waals surface area contributed by atoms with Crippen LogP contribution in [-0.4, -0.2) is 24.2 Å². The summed E-state index contributed by atoms with van der Waals surface area (Å²) in [7, 11) is 3.41. The first-order chi connectivity index (χ1) is 19.7. The Bertz CT molecular complexity index is 1750. The lowest BCUT2D eigenvalue weighted by atomic mass is 10.0. The van der Waals surface area contributed by atoms with E-state index in [4.69, 9.17) is 9.47 Å². The molecule has 0 bridgehead atoms. The molecule has 4 nitrogen and oxygen atoms in total. The number of fused-ring (bicyclic) bond motifs is 2. The topological polar surface area (TPSA) is 44.2 Å². The lowest BCUT2D eigenvalue weighted by Gasteiger charge is -2.09. The van der Waals surface area contributed by atoms with Crippen LogP contribution in [0.15, 0.2) is 109 Å². The molecule has 2 heterocycles. The first kappa shape index (κ1) is 25.1. The number of ether oxygens (including phenoxy) is 2. The van der Waals surface area contributed by atoms with Crippen LogP contribution < -0.4 is 9.47 Å². The van der Waals surface area contributed by atoms with E-state index in [-0.39, 0.29) is 0 Å². The Hall–Kier alpha value is -5.22. The van der Waals surface area contributed by atoms with Crippen LogP contribution in [0.1, 0.15) is 22.3 Å². The number of aromatic nitrogens is 2. The molecule has 0 saturated heterocycles. The molecular formula is C36H28N2O2. The molecule has 6 rings (SSSR count). The average Bonchev–Trinajstić information content (AvgIpc) is 3.02. The molecule has 0 N–H and O–H groups in total.